The molecule has 0 radical (unpaired) electrons. The van der Waals surface area contributed by atoms with Gasteiger partial charge in [0.05, 0.1) is 24.7 Å². The van der Waals surface area contributed by atoms with Crippen molar-refractivity contribution in [1.29, 1.82) is 0 Å². The van der Waals surface area contributed by atoms with Gasteiger partial charge in [-0.15, -0.1) is 0 Å². The lowest BCUT2D eigenvalue weighted by molar-refractivity contribution is -0.150. The molecule has 6 heteroatoms. The Kier molecular flexibility index (Phi) is 4.43. The summed E-state index contributed by atoms with van der Waals surface area (Å²) in [6.07, 6.45) is 1.83. The number of aromatic nitrogens is 2. The number of hydrogen-bond donors (Lipinski definition) is 0. The molecule has 1 aliphatic carbocycles. The predicted octanol–water partition coefficient (Wildman–Crippen LogP) is 3.48. The first-order valence-electron chi connectivity index (χ1n) is 10.2. The summed E-state index contributed by atoms with van der Waals surface area (Å²) in [6, 6.07) is 13.5. The molecule has 29 heavy (non-hydrogen) atoms. The number of ether oxygens (including phenoxy) is 1. The van der Waals surface area contributed by atoms with Crippen molar-refractivity contribution in [2.75, 3.05) is 19.7 Å². The van der Waals surface area contributed by atoms with Crippen LogP contribution in [0.4, 0.5) is 0 Å². The van der Waals surface area contributed by atoms with Crippen LogP contribution in [0.5, 0.6) is 0 Å². The Balaban J connectivity index is 1.51. The van der Waals surface area contributed by atoms with E-state index in [1.807, 2.05) is 54.1 Å². The molecule has 1 atom stereocenters. The second kappa shape index (κ2) is 7.12. The molecule has 2 aromatic carbocycles. The van der Waals surface area contributed by atoms with E-state index in [0.717, 1.165) is 41.5 Å². The molecule has 2 heterocycles. The minimum atomic E-state index is -0.108. The Morgan fingerprint density at radius 3 is 2.76 bits per heavy atom. The van der Waals surface area contributed by atoms with Crippen molar-refractivity contribution in [3.05, 3.63) is 53.6 Å². The zero-order valence-electron chi connectivity index (χ0n) is 16.4. The SMILES string of the molecule is CCOC(=O)[C@H]1CCCN(Cn2nc3c4c(cccc42)C(=O)c2ccccc2-3)C1. The van der Waals surface area contributed by atoms with Crippen molar-refractivity contribution in [3.63, 3.8) is 0 Å². The van der Waals surface area contributed by atoms with Crippen molar-refractivity contribution in [2.24, 2.45) is 5.92 Å². The minimum Gasteiger partial charge on any atom is -0.466 e. The highest BCUT2D eigenvalue weighted by Gasteiger charge is 2.30. The lowest BCUT2D eigenvalue weighted by Crippen LogP contribution is -2.40. The molecule has 148 valence electrons. The summed E-state index contributed by atoms with van der Waals surface area (Å²) in [5.74, 6) is -0.139. The lowest BCUT2D eigenvalue weighted by Gasteiger charge is -2.31. The van der Waals surface area contributed by atoms with E-state index in [2.05, 4.69) is 4.90 Å². The Morgan fingerprint density at radius 2 is 1.93 bits per heavy atom. The van der Waals surface area contributed by atoms with Crippen LogP contribution in [0.25, 0.3) is 22.2 Å². The third kappa shape index (κ3) is 2.95. The topological polar surface area (TPSA) is 64.4 Å². The van der Waals surface area contributed by atoms with Gasteiger partial charge >= 0.3 is 5.97 Å². The molecule has 0 unspecified atom stereocenters. The minimum absolute atomic E-state index is 0.0543. The van der Waals surface area contributed by atoms with Crippen LogP contribution in [-0.4, -0.2) is 46.1 Å². The van der Waals surface area contributed by atoms with Crippen LogP contribution >= 0.6 is 0 Å². The van der Waals surface area contributed by atoms with Crippen LogP contribution in [0.15, 0.2) is 42.5 Å². The fraction of sp³-hybridized carbons (Fsp3) is 0.348. The number of nitrogens with zero attached hydrogens (tertiary/aromatic N) is 3. The van der Waals surface area contributed by atoms with Crippen molar-refractivity contribution in [3.8, 4) is 11.3 Å². The molecule has 3 aromatic rings. The third-order valence-electron chi connectivity index (χ3n) is 5.91. The van der Waals surface area contributed by atoms with Crippen LogP contribution in [0.3, 0.4) is 0 Å². The molecule has 1 saturated heterocycles. The van der Waals surface area contributed by atoms with Gasteiger partial charge in [-0.2, -0.15) is 5.10 Å². The number of fused-ring (bicyclic) bond motifs is 2. The Labute approximate surface area is 169 Å². The number of rotatable bonds is 4. The average Bonchev–Trinajstić information content (AvgIpc) is 3.12. The summed E-state index contributed by atoms with van der Waals surface area (Å²) in [5.41, 5.74) is 4.13. The van der Waals surface area contributed by atoms with Crippen LogP contribution in [0, 0.1) is 5.92 Å². The number of esters is 1. The fourth-order valence-corrected chi connectivity index (χ4v) is 4.57. The van der Waals surface area contributed by atoms with Gasteiger partial charge in [0.25, 0.3) is 0 Å². The summed E-state index contributed by atoms with van der Waals surface area (Å²) in [6.45, 7) is 4.44. The van der Waals surface area contributed by atoms with Crippen LogP contribution in [-0.2, 0) is 16.2 Å². The summed E-state index contributed by atoms with van der Waals surface area (Å²) >= 11 is 0. The van der Waals surface area contributed by atoms with Gasteiger partial charge < -0.3 is 4.74 Å². The van der Waals surface area contributed by atoms with E-state index < -0.39 is 0 Å². The summed E-state index contributed by atoms with van der Waals surface area (Å²) < 4.78 is 7.19. The van der Waals surface area contributed by atoms with E-state index in [0.29, 0.717) is 30.9 Å². The average molecular weight is 389 g/mol. The molecule has 1 fully saturated rings. The van der Waals surface area contributed by atoms with Gasteiger partial charge in [-0.1, -0.05) is 36.4 Å². The number of ketones is 1. The molecular weight excluding hydrogens is 366 g/mol. The van der Waals surface area contributed by atoms with Crippen LogP contribution < -0.4 is 0 Å². The molecule has 5 rings (SSSR count). The number of piperidine rings is 1. The van der Waals surface area contributed by atoms with Gasteiger partial charge in [0, 0.05) is 28.6 Å². The number of hydrogen-bond acceptors (Lipinski definition) is 5. The maximum absolute atomic E-state index is 13.0. The molecule has 0 amide bonds. The zero-order chi connectivity index (χ0) is 20.0. The van der Waals surface area contributed by atoms with E-state index >= 15 is 0 Å². The highest BCUT2D eigenvalue weighted by molar-refractivity contribution is 6.25. The van der Waals surface area contributed by atoms with E-state index in [1.165, 1.54) is 0 Å². The molecule has 6 nitrogen and oxygen atoms in total. The van der Waals surface area contributed by atoms with E-state index in [9.17, 15) is 9.59 Å². The van der Waals surface area contributed by atoms with E-state index in [4.69, 9.17) is 9.84 Å². The van der Waals surface area contributed by atoms with E-state index in [1.54, 1.807) is 0 Å². The maximum Gasteiger partial charge on any atom is 0.310 e. The second-order valence-electron chi connectivity index (χ2n) is 7.73. The second-order valence-corrected chi connectivity index (χ2v) is 7.73. The maximum atomic E-state index is 13.0. The van der Waals surface area contributed by atoms with Crippen LogP contribution in [0.2, 0.25) is 0 Å². The van der Waals surface area contributed by atoms with Gasteiger partial charge in [0.2, 0.25) is 0 Å². The van der Waals surface area contributed by atoms with Gasteiger partial charge in [-0.3, -0.25) is 14.5 Å². The number of likely N-dealkylation sites (tertiary alicyclic amines) is 1. The quantitative estimate of drug-likeness (QED) is 0.500. The molecular formula is C23H23N3O3. The first-order chi connectivity index (χ1) is 14.2. The molecule has 0 spiro atoms. The molecule has 1 aliphatic heterocycles. The van der Waals surface area contributed by atoms with Crippen molar-refractivity contribution < 1.29 is 14.3 Å². The Bertz CT molecular complexity index is 1120. The number of benzene rings is 2. The monoisotopic (exact) mass is 389 g/mol. The predicted molar refractivity (Wildman–Crippen MR) is 110 cm³/mol. The molecule has 1 aromatic heterocycles. The van der Waals surface area contributed by atoms with Gasteiger partial charge in [0.15, 0.2) is 5.78 Å². The first-order valence-corrected chi connectivity index (χ1v) is 10.2. The van der Waals surface area contributed by atoms with Gasteiger partial charge in [-0.05, 0) is 32.4 Å². The number of carbonyl (C=O) groups is 2. The summed E-state index contributed by atoms with van der Waals surface area (Å²) in [4.78, 5) is 27.4. The zero-order valence-corrected chi connectivity index (χ0v) is 16.4. The largest absolute Gasteiger partial charge is 0.466 e. The van der Waals surface area contributed by atoms with Crippen molar-refractivity contribution in [2.45, 2.75) is 26.4 Å². The van der Waals surface area contributed by atoms with Gasteiger partial charge in [0.1, 0.15) is 5.69 Å². The van der Waals surface area contributed by atoms with E-state index in [-0.39, 0.29) is 17.7 Å². The Hall–Kier alpha value is -2.99. The highest BCUT2D eigenvalue weighted by Crippen LogP contribution is 2.38. The standard InChI is InChI=1S/C23H23N3O3/c1-2-29-23(28)15-7-6-12-25(13-15)14-26-19-11-5-10-18-20(19)21(24-26)16-8-3-4-9-17(16)22(18)27/h3-5,8-11,15H,2,6-7,12-14H2,1H3/t15-/m0/s1. The van der Waals surface area contributed by atoms with Crippen molar-refractivity contribution >= 4 is 22.7 Å². The molecule has 0 bridgehead atoms. The molecule has 0 N–H and O–H groups in total. The number of carbonyl (C=O) groups excluding carboxylic acids is 2. The molecule has 0 saturated carbocycles. The summed E-state index contributed by atoms with van der Waals surface area (Å²) in [7, 11) is 0. The highest BCUT2D eigenvalue weighted by atomic mass is 16.5. The third-order valence-corrected chi connectivity index (χ3v) is 5.91. The van der Waals surface area contributed by atoms with Gasteiger partial charge in [-0.25, -0.2) is 4.68 Å². The first kappa shape index (κ1) is 18.1. The Morgan fingerprint density at radius 1 is 1.14 bits per heavy atom. The van der Waals surface area contributed by atoms with Crippen LogP contribution in [0.1, 0.15) is 35.7 Å². The molecule has 2 aliphatic rings. The summed E-state index contributed by atoms with van der Waals surface area (Å²) in [5, 5.41) is 5.83. The fourth-order valence-electron chi connectivity index (χ4n) is 4.57. The smallest absolute Gasteiger partial charge is 0.310 e. The normalized spacial score (nSPS) is 18.7. The van der Waals surface area contributed by atoms with Crippen molar-refractivity contribution in [1.82, 2.24) is 14.7 Å². The lowest BCUT2D eigenvalue weighted by atomic mass is 9.87.